The van der Waals surface area contributed by atoms with Gasteiger partial charge in [-0.1, -0.05) is 0 Å². The average molecular weight is 329 g/mol. The molecular formula is C15H9BrN2O2. The second-order valence-electron chi connectivity index (χ2n) is 3.84. The van der Waals surface area contributed by atoms with E-state index >= 15 is 0 Å². The van der Waals surface area contributed by atoms with Crippen LogP contribution in [0.4, 0.5) is 0 Å². The lowest BCUT2D eigenvalue weighted by atomic mass is 10.2. The molecule has 0 fully saturated rings. The van der Waals surface area contributed by atoms with Crippen LogP contribution in [-0.4, -0.2) is 7.11 Å². The van der Waals surface area contributed by atoms with Gasteiger partial charge in [0.05, 0.1) is 34.8 Å². The number of rotatable bonds is 3. The predicted octanol–water partition coefficient (Wildman–Crippen LogP) is 3.99. The Morgan fingerprint density at radius 3 is 2.05 bits per heavy atom. The van der Waals surface area contributed by atoms with E-state index in [0.29, 0.717) is 32.8 Å². The minimum Gasteiger partial charge on any atom is -0.493 e. The van der Waals surface area contributed by atoms with Gasteiger partial charge in [-0.2, -0.15) is 10.5 Å². The maximum absolute atomic E-state index is 8.86. The third-order valence-corrected chi connectivity index (χ3v) is 3.19. The third kappa shape index (κ3) is 2.90. The van der Waals surface area contributed by atoms with E-state index in [1.165, 1.54) is 7.11 Å². The normalized spacial score (nSPS) is 9.40. The molecule has 0 aromatic heterocycles. The van der Waals surface area contributed by atoms with Gasteiger partial charge in [0.2, 0.25) is 0 Å². The van der Waals surface area contributed by atoms with Crippen LogP contribution in [0.15, 0.2) is 40.9 Å². The number of nitrogens with zero attached hydrogens (tertiary/aromatic N) is 2. The fourth-order valence-corrected chi connectivity index (χ4v) is 2.05. The molecule has 0 saturated heterocycles. The molecule has 2 aromatic rings. The number of hydrogen-bond donors (Lipinski definition) is 0. The summed E-state index contributed by atoms with van der Waals surface area (Å²) >= 11 is 3.35. The summed E-state index contributed by atoms with van der Waals surface area (Å²) in [6.45, 7) is 0. The molecule has 0 radical (unpaired) electrons. The number of benzene rings is 2. The minimum atomic E-state index is 0.473. The van der Waals surface area contributed by atoms with E-state index in [9.17, 15) is 0 Å². The Morgan fingerprint density at radius 2 is 1.50 bits per heavy atom. The van der Waals surface area contributed by atoms with Crippen molar-refractivity contribution in [3.63, 3.8) is 0 Å². The highest BCUT2D eigenvalue weighted by Crippen LogP contribution is 2.35. The van der Waals surface area contributed by atoms with Gasteiger partial charge in [0.15, 0.2) is 11.5 Å². The van der Waals surface area contributed by atoms with E-state index in [4.69, 9.17) is 20.0 Å². The molecule has 0 spiro atoms. The molecule has 98 valence electrons. The van der Waals surface area contributed by atoms with Crippen LogP contribution in [0.3, 0.4) is 0 Å². The number of halogens is 1. The summed E-state index contributed by atoms with van der Waals surface area (Å²) < 4.78 is 11.6. The fraction of sp³-hybridized carbons (Fsp3) is 0.0667. The summed E-state index contributed by atoms with van der Waals surface area (Å²) in [5, 5.41) is 17.7. The Bertz CT molecular complexity index is 730. The van der Waals surface area contributed by atoms with Crippen molar-refractivity contribution in [1.29, 1.82) is 10.5 Å². The Labute approximate surface area is 124 Å². The van der Waals surface area contributed by atoms with Crippen molar-refractivity contribution in [2.45, 2.75) is 0 Å². The molecule has 0 aliphatic carbocycles. The number of hydrogen-bond acceptors (Lipinski definition) is 4. The van der Waals surface area contributed by atoms with Gasteiger partial charge < -0.3 is 9.47 Å². The molecular weight excluding hydrogens is 320 g/mol. The van der Waals surface area contributed by atoms with Gasteiger partial charge in [0.25, 0.3) is 0 Å². The molecule has 2 aromatic carbocycles. The first-order chi connectivity index (χ1) is 9.67. The highest BCUT2D eigenvalue weighted by atomic mass is 79.9. The molecule has 0 heterocycles. The zero-order valence-corrected chi connectivity index (χ0v) is 12.1. The van der Waals surface area contributed by atoms with Crippen molar-refractivity contribution in [3.05, 3.63) is 52.0 Å². The standard InChI is InChI=1S/C15H9BrN2O2/c1-19-15-7-11(9-18)3-5-14(15)20-13-4-2-10(8-17)6-12(13)16/h2-7H,1H3. The van der Waals surface area contributed by atoms with Crippen LogP contribution in [0.5, 0.6) is 17.2 Å². The lowest BCUT2D eigenvalue weighted by Crippen LogP contribution is -1.92. The predicted molar refractivity (Wildman–Crippen MR) is 76.6 cm³/mol. The summed E-state index contributed by atoms with van der Waals surface area (Å²) in [5.74, 6) is 1.53. The van der Waals surface area contributed by atoms with E-state index in [-0.39, 0.29) is 0 Å². The fourth-order valence-electron chi connectivity index (χ4n) is 1.59. The zero-order chi connectivity index (χ0) is 14.5. The first-order valence-corrected chi connectivity index (χ1v) is 6.43. The van der Waals surface area contributed by atoms with Crippen molar-refractivity contribution in [2.75, 3.05) is 7.11 Å². The summed E-state index contributed by atoms with van der Waals surface area (Å²) in [7, 11) is 1.51. The van der Waals surface area contributed by atoms with Crippen molar-refractivity contribution < 1.29 is 9.47 Å². The largest absolute Gasteiger partial charge is 0.493 e. The molecule has 0 aliphatic heterocycles. The van der Waals surface area contributed by atoms with Gasteiger partial charge in [-0.3, -0.25) is 0 Å². The maximum Gasteiger partial charge on any atom is 0.169 e. The molecule has 0 amide bonds. The first-order valence-electron chi connectivity index (χ1n) is 5.63. The third-order valence-electron chi connectivity index (χ3n) is 2.57. The molecule has 0 saturated carbocycles. The molecule has 5 heteroatoms. The minimum absolute atomic E-state index is 0.473. The van der Waals surface area contributed by atoms with E-state index < -0.39 is 0 Å². The van der Waals surface area contributed by atoms with Gasteiger partial charge in [0, 0.05) is 6.07 Å². The van der Waals surface area contributed by atoms with Crippen LogP contribution in [0.2, 0.25) is 0 Å². The summed E-state index contributed by atoms with van der Waals surface area (Å²) in [6, 6.07) is 14.0. The first kappa shape index (κ1) is 13.9. The topological polar surface area (TPSA) is 66.0 Å². The van der Waals surface area contributed by atoms with Crippen molar-refractivity contribution in [1.82, 2.24) is 0 Å². The summed E-state index contributed by atoms with van der Waals surface area (Å²) in [5.41, 5.74) is 1.03. The maximum atomic E-state index is 8.86. The molecule has 0 bridgehead atoms. The van der Waals surface area contributed by atoms with Crippen LogP contribution >= 0.6 is 15.9 Å². The summed E-state index contributed by atoms with van der Waals surface area (Å²) in [6.07, 6.45) is 0. The molecule has 0 aliphatic rings. The van der Waals surface area contributed by atoms with Gasteiger partial charge >= 0.3 is 0 Å². The molecule has 0 N–H and O–H groups in total. The van der Waals surface area contributed by atoms with Crippen LogP contribution in [0.1, 0.15) is 11.1 Å². The van der Waals surface area contributed by atoms with E-state index in [1.807, 2.05) is 6.07 Å². The van der Waals surface area contributed by atoms with Gasteiger partial charge in [-0.25, -0.2) is 0 Å². The lowest BCUT2D eigenvalue weighted by molar-refractivity contribution is 0.378. The highest BCUT2D eigenvalue weighted by Gasteiger charge is 2.09. The number of methoxy groups -OCH3 is 1. The molecule has 20 heavy (non-hydrogen) atoms. The zero-order valence-electron chi connectivity index (χ0n) is 10.6. The van der Waals surface area contributed by atoms with Crippen LogP contribution < -0.4 is 9.47 Å². The van der Waals surface area contributed by atoms with Crippen LogP contribution in [0, 0.1) is 22.7 Å². The second-order valence-corrected chi connectivity index (χ2v) is 4.69. The Balaban J connectivity index is 2.35. The molecule has 0 unspecified atom stereocenters. The van der Waals surface area contributed by atoms with E-state index in [0.717, 1.165) is 0 Å². The van der Waals surface area contributed by atoms with E-state index in [2.05, 4.69) is 22.0 Å². The van der Waals surface area contributed by atoms with Crippen molar-refractivity contribution in [3.8, 4) is 29.4 Å². The van der Waals surface area contributed by atoms with Gasteiger partial charge in [-0.15, -0.1) is 0 Å². The van der Waals surface area contributed by atoms with Crippen molar-refractivity contribution in [2.24, 2.45) is 0 Å². The SMILES string of the molecule is COc1cc(C#N)ccc1Oc1ccc(C#N)cc1Br. The van der Waals surface area contributed by atoms with Crippen LogP contribution in [-0.2, 0) is 0 Å². The van der Waals surface area contributed by atoms with E-state index in [1.54, 1.807) is 36.4 Å². The van der Waals surface area contributed by atoms with Gasteiger partial charge in [-0.05, 0) is 46.3 Å². The van der Waals surface area contributed by atoms with Gasteiger partial charge in [0.1, 0.15) is 5.75 Å². The number of ether oxygens (including phenoxy) is 2. The lowest BCUT2D eigenvalue weighted by Gasteiger charge is -2.11. The number of nitriles is 2. The Hall–Kier alpha value is -2.50. The Morgan fingerprint density at radius 1 is 0.900 bits per heavy atom. The summed E-state index contributed by atoms with van der Waals surface area (Å²) in [4.78, 5) is 0. The highest BCUT2D eigenvalue weighted by molar-refractivity contribution is 9.10. The average Bonchev–Trinajstić information content (AvgIpc) is 2.49. The smallest absolute Gasteiger partial charge is 0.169 e. The quantitative estimate of drug-likeness (QED) is 0.854. The monoisotopic (exact) mass is 328 g/mol. The molecule has 4 nitrogen and oxygen atoms in total. The second kappa shape index (κ2) is 6.10. The molecule has 2 rings (SSSR count). The molecule has 0 atom stereocenters. The van der Waals surface area contributed by atoms with Crippen molar-refractivity contribution >= 4 is 15.9 Å². The Kier molecular flexibility index (Phi) is 4.24. The van der Waals surface area contributed by atoms with Crippen LogP contribution in [0.25, 0.3) is 0 Å².